The third-order valence-corrected chi connectivity index (χ3v) is 5.80. The van der Waals surface area contributed by atoms with E-state index < -0.39 is 0 Å². The minimum Gasteiger partial charge on any atom is -0.334 e. The van der Waals surface area contributed by atoms with E-state index in [0.29, 0.717) is 47.6 Å². The van der Waals surface area contributed by atoms with Gasteiger partial charge in [-0.2, -0.15) is 5.10 Å². The average Bonchev–Trinajstić information content (AvgIpc) is 3.26. The van der Waals surface area contributed by atoms with Crippen molar-refractivity contribution < 1.29 is 9.59 Å². The molecule has 1 aliphatic rings. The Morgan fingerprint density at radius 3 is 2.42 bits per heavy atom. The lowest BCUT2D eigenvalue weighted by molar-refractivity contribution is 0.0665. The molecule has 31 heavy (non-hydrogen) atoms. The maximum Gasteiger partial charge on any atom is 0.321 e. The predicted molar refractivity (Wildman–Crippen MR) is 121 cm³/mol. The summed E-state index contributed by atoms with van der Waals surface area (Å²) in [5, 5.41) is 8.44. The van der Waals surface area contributed by atoms with Crippen molar-refractivity contribution in [3.8, 4) is 5.69 Å². The first-order valence-electron chi connectivity index (χ1n) is 9.84. The summed E-state index contributed by atoms with van der Waals surface area (Å²) in [5.41, 5.74) is 2.73. The van der Waals surface area contributed by atoms with Gasteiger partial charge >= 0.3 is 6.03 Å². The number of rotatable bonds is 3. The fourth-order valence-electron chi connectivity index (χ4n) is 3.35. The lowest BCUT2D eigenvalue weighted by Gasteiger charge is -2.34. The van der Waals surface area contributed by atoms with Crippen molar-refractivity contribution >= 4 is 40.8 Å². The number of benzene rings is 2. The first-order valence-corrected chi connectivity index (χ1v) is 10.6. The summed E-state index contributed by atoms with van der Waals surface area (Å²) in [6.07, 6.45) is 1.73. The van der Waals surface area contributed by atoms with Crippen LogP contribution in [-0.4, -0.2) is 57.7 Å². The van der Waals surface area contributed by atoms with E-state index in [2.05, 4.69) is 10.4 Å². The molecule has 0 saturated carbocycles. The van der Waals surface area contributed by atoms with E-state index in [1.54, 1.807) is 44.9 Å². The van der Waals surface area contributed by atoms with E-state index in [9.17, 15) is 9.59 Å². The molecule has 0 radical (unpaired) electrons. The van der Waals surface area contributed by atoms with Crippen LogP contribution in [0.2, 0.25) is 10.0 Å². The highest BCUT2D eigenvalue weighted by Crippen LogP contribution is 2.20. The highest BCUT2D eigenvalue weighted by molar-refractivity contribution is 6.31. The van der Waals surface area contributed by atoms with E-state index in [1.807, 2.05) is 31.2 Å². The first kappa shape index (κ1) is 21.2. The fraction of sp³-hybridized carbons (Fsp3) is 0.227. The Kier molecular flexibility index (Phi) is 6.15. The number of amides is 3. The SMILES string of the molecule is Cc1ccc(NC(=O)N2CCN(C(=O)c3ccn(-c4cccc(Cl)c4)n3)CC2)cc1Cl. The quantitative estimate of drug-likeness (QED) is 0.630. The smallest absolute Gasteiger partial charge is 0.321 e. The second kappa shape index (κ2) is 8.99. The van der Waals surface area contributed by atoms with Crippen molar-refractivity contribution in [3.63, 3.8) is 0 Å². The maximum atomic E-state index is 12.8. The van der Waals surface area contributed by atoms with Crippen LogP contribution in [0.1, 0.15) is 16.1 Å². The van der Waals surface area contributed by atoms with E-state index >= 15 is 0 Å². The highest BCUT2D eigenvalue weighted by Gasteiger charge is 2.26. The van der Waals surface area contributed by atoms with E-state index in [1.165, 1.54) is 0 Å². The minimum absolute atomic E-state index is 0.161. The Bertz CT molecular complexity index is 1120. The molecule has 0 spiro atoms. The summed E-state index contributed by atoms with van der Waals surface area (Å²) < 4.78 is 1.62. The monoisotopic (exact) mass is 457 g/mol. The Morgan fingerprint density at radius 1 is 0.968 bits per heavy atom. The van der Waals surface area contributed by atoms with Crippen LogP contribution in [0.5, 0.6) is 0 Å². The molecule has 7 nitrogen and oxygen atoms in total. The molecular formula is C22H21Cl2N5O2. The molecule has 1 aliphatic heterocycles. The molecule has 3 aromatic rings. The van der Waals surface area contributed by atoms with Gasteiger partial charge in [-0.25, -0.2) is 9.48 Å². The zero-order valence-electron chi connectivity index (χ0n) is 16.9. The minimum atomic E-state index is -0.211. The summed E-state index contributed by atoms with van der Waals surface area (Å²) in [6.45, 7) is 3.65. The van der Waals surface area contributed by atoms with Crippen LogP contribution < -0.4 is 5.32 Å². The third-order valence-electron chi connectivity index (χ3n) is 5.16. The van der Waals surface area contributed by atoms with Crippen LogP contribution in [0.15, 0.2) is 54.7 Å². The van der Waals surface area contributed by atoms with Crippen LogP contribution in [0.3, 0.4) is 0 Å². The van der Waals surface area contributed by atoms with Gasteiger partial charge in [-0.1, -0.05) is 35.3 Å². The van der Waals surface area contributed by atoms with Crippen LogP contribution in [0.25, 0.3) is 5.69 Å². The van der Waals surface area contributed by atoms with Gasteiger partial charge in [0.15, 0.2) is 5.69 Å². The molecule has 0 aliphatic carbocycles. The van der Waals surface area contributed by atoms with Gasteiger partial charge in [-0.05, 0) is 48.9 Å². The number of nitrogens with one attached hydrogen (secondary N) is 1. The lowest BCUT2D eigenvalue weighted by Crippen LogP contribution is -2.51. The number of hydrogen-bond donors (Lipinski definition) is 1. The molecule has 4 rings (SSSR count). The van der Waals surface area contributed by atoms with Crippen LogP contribution in [-0.2, 0) is 0 Å². The number of nitrogens with zero attached hydrogens (tertiary/aromatic N) is 4. The largest absolute Gasteiger partial charge is 0.334 e. The molecule has 0 atom stereocenters. The van der Waals surface area contributed by atoms with Crippen molar-refractivity contribution in [1.82, 2.24) is 19.6 Å². The number of aryl methyl sites for hydroxylation is 1. The normalized spacial score (nSPS) is 13.9. The number of aromatic nitrogens is 2. The number of urea groups is 1. The van der Waals surface area contributed by atoms with Gasteiger partial charge in [0.2, 0.25) is 0 Å². The number of carbonyl (C=O) groups is 2. The molecule has 2 aromatic carbocycles. The molecule has 1 aromatic heterocycles. The molecule has 1 N–H and O–H groups in total. The maximum absolute atomic E-state index is 12.8. The molecular weight excluding hydrogens is 437 g/mol. The number of anilines is 1. The van der Waals surface area contributed by atoms with Crippen molar-refractivity contribution in [2.75, 3.05) is 31.5 Å². The Labute approximate surface area is 190 Å². The molecule has 160 valence electrons. The molecule has 3 amide bonds. The summed E-state index contributed by atoms with van der Waals surface area (Å²) in [7, 11) is 0. The zero-order valence-corrected chi connectivity index (χ0v) is 18.4. The molecule has 1 saturated heterocycles. The van der Waals surface area contributed by atoms with Gasteiger partial charge in [0.05, 0.1) is 5.69 Å². The zero-order chi connectivity index (χ0) is 22.0. The topological polar surface area (TPSA) is 70.5 Å². The van der Waals surface area contributed by atoms with Crippen molar-refractivity contribution in [1.29, 1.82) is 0 Å². The third kappa shape index (κ3) is 4.84. The van der Waals surface area contributed by atoms with Gasteiger partial charge in [0.25, 0.3) is 5.91 Å². The van der Waals surface area contributed by atoms with E-state index in [-0.39, 0.29) is 11.9 Å². The second-order valence-corrected chi connectivity index (χ2v) is 8.14. The highest BCUT2D eigenvalue weighted by atomic mass is 35.5. The number of piperazine rings is 1. The standard InChI is InChI=1S/C22H21Cl2N5O2/c1-15-5-6-17(14-19(15)24)25-22(31)28-11-9-27(10-12-28)21(30)20-7-8-29(26-20)18-4-2-3-16(23)13-18/h2-8,13-14H,9-12H2,1H3,(H,25,31). The lowest BCUT2D eigenvalue weighted by atomic mass is 10.2. The first-order chi connectivity index (χ1) is 14.9. The van der Waals surface area contributed by atoms with Crippen molar-refractivity contribution in [3.05, 3.63) is 76.0 Å². The number of hydrogen-bond acceptors (Lipinski definition) is 3. The molecule has 1 fully saturated rings. The summed E-state index contributed by atoms with van der Waals surface area (Å²) in [4.78, 5) is 28.8. The van der Waals surface area contributed by atoms with Crippen molar-refractivity contribution in [2.45, 2.75) is 6.92 Å². The van der Waals surface area contributed by atoms with E-state index in [0.717, 1.165) is 11.3 Å². The Morgan fingerprint density at radius 2 is 1.71 bits per heavy atom. The second-order valence-electron chi connectivity index (χ2n) is 7.30. The summed E-state index contributed by atoms with van der Waals surface area (Å²) in [6, 6.07) is 14.1. The van der Waals surface area contributed by atoms with Gasteiger partial charge in [-0.15, -0.1) is 0 Å². The number of halogens is 2. The Hall–Kier alpha value is -3.03. The van der Waals surface area contributed by atoms with Gasteiger partial charge in [-0.3, -0.25) is 4.79 Å². The summed E-state index contributed by atoms with van der Waals surface area (Å²) in [5.74, 6) is -0.161. The molecule has 0 unspecified atom stereocenters. The van der Waals surface area contributed by atoms with E-state index in [4.69, 9.17) is 23.2 Å². The van der Waals surface area contributed by atoms with Crippen LogP contribution in [0, 0.1) is 6.92 Å². The van der Waals surface area contributed by atoms with Crippen LogP contribution in [0.4, 0.5) is 10.5 Å². The van der Waals surface area contributed by atoms with Crippen LogP contribution >= 0.6 is 23.2 Å². The van der Waals surface area contributed by atoms with Gasteiger partial charge in [0.1, 0.15) is 0 Å². The summed E-state index contributed by atoms with van der Waals surface area (Å²) >= 11 is 12.2. The predicted octanol–water partition coefficient (Wildman–Crippen LogP) is 4.48. The number of carbonyl (C=O) groups excluding carboxylic acids is 2. The molecule has 0 bridgehead atoms. The van der Waals surface area contributed by atoms with Crippen molar-refractivity contribution in [2.24, 2.45) is 0 Å². The Balaban J connectivity index is 1.34. The average molecular weight is 458 g/mol. The molecule has 9 heteroatoms. The van der Waals surface area contributed by atoms with Gasteiger partial charge in [0, 0.05) is 48.1 Å². The van der Waals surface area contributed by atoms with Gasteiger partial charge < -0.3 is 15.1 Å². The molecule has 2 heterocycles. The fourth-order valence-corrected chi connectivity index (χ4v) is 3.71.